The second-order valence-corrected chi connectivity index (χ2v) is 6.80. The molecule has 0 aliphatic carbocycles. The summed E-state index contributed by atoms with van der Waals surface area (Å²) in [6.45, 7) is 6.36. The first-order chi connectivity index (χ1) is 11.9. The highest BCUT2D eigenvalue weighted by atomic mass is 16.4. The predicted molar refractivity (Wildman–Crippen MR) is 90.1 cm³/mol. The van der Waals surface area contributed by atoms with E-state index in [1.807, 2.05) is 20.8 Å². The van der Waals surface area contributed by atoms with Crippen molar-refractivity contribution in [3.05, 3.63) is 23.3 Å². The molecular weight excluding hydrogens is 322 g/mol. The lowest BCUT2D eigenvalue weighted by molar-refractivity contribution is -0.153. The quantitative estimate of drug-likeness (QED) is 0.898. The maximum Gasteiger partial charge on any atom is 0.326 e. The fourth-order valence-corrected chi connectivity index (χ4v) is 3.57. The van der Waals surface area contributed by atoms with Crippen molar-refractivity contribution in [3.8, 4) is 0 Å². The molecule has 8 heteroatoms. The summed E-state index contributed by atoms with van der Waals surface area (Å²) in [7, 11) is 0. The van der Waals surface area contributed by atoms with Crippen LogP contribution < -0.4 is 0 Å². The van der Waals surface area contributed by atoms with Gasteiger partial charge in [-0.2, -0.15) is 10.1 Å². The van der Waals surface area contributed by atoms with E-state index in [1.54, 1.807) is 4.52 Å². The third kappa shape index (κ3) is 3.33. The van der Waals surface area contributed by atoms with E-state index in [0.717, 1.165) is 23.4 Å². The van der Waals surface area contributed by atoms with Crippen LogP contribution in [-0.4, -0.2) is 54.1 Å². The van der Waals surface area contributed by atoms with E-state index in [4.69, 9.17) is 0 Å². The molecule has 1 N–H and O–H groups in total. The van der Waals surface area contributed by atoms with Crippen LogP contribution in [0.4, 0.5) is 0 Å². The number of rotatable bonds is 4. The Balaban J connectivity index is 1.75. The summed E-state index contributed by atoms with van der Waals surface area (Å²) in [5.41, 5.74) is 2.70. The Labute approximate surface area is 145 Å². The van der Waals surface area contributed by atoms with E-state index >= 15 is 0 Å². The van der Waals surface area contributed by atoms with Crippen LogP contribution in [0.2, 0.25) is 0 Å². The van der Waals surface area contributed by atoms with E-state index in [9.17, 15) is 14.7 Å². The molecule has 0 spiro atoms. The molecule has 8 nitrogen and oxygen atoms in total. The number of hydrogen-bond donors (Lipinski definition) is 1. The maximum atomic E-state index is 12.6. The summed E-state index contributed by atoms with van der Waals surface area (Å²) in [5.74, 6) is -0.163. The first-order valence-corrected chi connectivity index (χ1v) is 8.56. The topological polar surface area (TPSA) is 101 Å². The Bertz CT molecular complexity index is 816. The molecule has 134 valence electrons. The number of amides is 1. The van der Waals surface area contributed by atoms with Crippen LogP contribution in [0.1, 0.15) is 43.1 Å². The summed E-state index contributed by atoms with van der Waals surface area (Å²) < 4.78 is 1.66. The van der Waals surface area contributed by atoms with Gasteiger partial charge < -0.3 is 10.0 Å². The molecule has 2 unspecified atom stereocenters. The van der Waals surface area contributed by atoms with E-state index in [-0.39, 0.29) is 12.3 Å². The van der Waals surface area contributed by atoms with Crippen molar-refractivity contribution in [1.82, 2.24) is 24.5 Å². The number of piperidine rings is 1. The number of aromatic nitrogens is 4. The van der Waals surface area contributed by atoms with Gasteiger partial charge in [-0.1, -0.05) is 6.92 Å². The van der Waals surface area contributed by atoms with Gasteiger partial charge in [0.1, 0.15) is 12.4 Å². The third-order valence-corrected chi connectivity index (χ3v) is 5.05. The number of carbonyl (C=O) groups excluding carboxylic acids is 1. The molecule has 25 heavy (non-hydrogen) atoms. The maximum absolute atomic E-state index is 12.6. The molecule has 3 heterocycles. The number of hydrogen-bond acceptors (Lipinski definition) is 5. The molecule has 2 aromatic heterocycles. The number of carboxylic acid groups (broad SMARTS) is 1. The van der Waals surface area contributed by atoms with Gasteiger partial charge in [0.15, 0.2) is 0 Å². The fourth-order valence-electron chi connectivity index (χ4n) is 3.57. The largest absolute Gasteiger partial charge is 0.480 e. The zero-order chi connectivity index (χ0) is 18.1. The van der Waals surface area contributed by atoms with Gasteiger partial charge >= 0.3 is 5.97 Å². The van der Waals surface area contributed by atoms with Crippen LogP contribution in [0.15, 0.2) is 6.33 Å². The molecule has 0 bridgehead atoms. The van der Waals surface area contributed by atoms with Gasteiger partial charge in [0.2, 0.25) is 5.91 Å². The summed E-state index contributed by atoms with van der Waals surface area (Å²) in [4.78, 5) is 34.1. The number of carbonyl (C=O) groups is 2. The number of aliphatic carboxylic acids is 1. The number of aryl methyl sites for hydroxylation is 2. The molecule has 1 aliphatic heterocycles. The molecule has 0 saturated carbocycles. The highest BCUT2D eigenvalue weighted by Gasteiger charge is 2.34. The fraction of sp³-hybridized carbons (Fsp3) is 0.588. The molecule has 1 fully saturated rings. The second-order valence-electron chi connectivity index (χ2n) is 6.80. The minimum atomic E-state index is -0.919. The molecule has 1 aliphatic rings. The zero-order valence-corrected chi connectivity index (χ0v) is 14.8. The van der Waals surface area contributed by atoms with Gasteiger partial charge in [-0.3, -0.25) is 4.79 Å². The van der Waals surface area contributed by atoms with Crippen molar-refractivity contribution in [2.24, 2.45) is 5.92 Å². The van der Waals surface area contributed by atoms with Crippen LogP contribution >= 0.6 is 0 Å². The van der Waals surface area contributed by atoms with E-state index in [2.05, 4.69) is 15.1 Å². The van der Waals surface area contributed by atoms with Gasteiger partial charge in [-0.15, -0.1) is 0 Å². The van der Waals surface area contributed by atoms with Crippen molar-refractivity contribution < 1.29 is 14.7 Å². The summed E-state index contributed by atoms with van der Waals surface area (Å²) in [5, 5.41) is 13.6. The van der Waals surface area contributed by atoms with Crippen molar-refractivity contribution >= 4 is 17.7 Å². The van der Waals surface area contributed by atoms with Gasteiger partial charge in [0.05, 0.1) is 0 Å². The Hall–Kier alpha value is -2.51. The van der Waals surface area contributed by atoms with Gasteiger partial charge in [-0.25, -0.2) is 14.3 Å². The van der Waals surface area contributed by atoms with Crippen LogP contribution in [0, 0.1) is 19.8 Å². The lowest BCUT2D eigenvalue weighted by Gasteiger charge is -2.36. The molecule has 0 radical (unpaired) electrons. The molecule has 1 amide bonds. The molecule has 1 saturated heterocycles. The summed E-state index contributed by atoms with van der Waals surface area (Å²) >= 11 is 0. The average molecular weight is 345 g/mol. The van der Waals surface area contributed by atoms with E-state index in [1.165, 1.54) is 11.2 Å². The lowest BCUT2D eigenvalue weighted by atomic mass is 9.92. The Morgan fingerprint density at radius 3 is 2.84 bits per heavy atom. The zero-order valence-electron chi connectivity index (χ0n) is 14.8. The Morgan fingerprint density at radius 1 is 1.36 bits per heavy atom. The van der Waals surface area contributed by atoms with E-state index < -0.39 is 12.0 Å². The molecule has 2 aromatic rings. The first-order valence-electron chi connectivity index (χ1n) is 8.56. The minimum absolute atomic E-state index is 0.114. The highest BCUT2D eigenvalue weighted by Crippen LogP contribution is 2.24. The molecular formula is C17H23N5O3. The SMILES string of the molecule is Cc1nc2ncnn2c(C)c1CCC(=O)N1CCC(C)CC1C(=O)O. The van der Waals surface area contributed by atoms with Crippen LogP contribution in [0.3, 0.4) is 0 Å². The van der Waals surface area contributed by atoms with Gasteiger partial charge in [-0.05, 0) is 44.6 Å². The number of carboxylic acids is 1. The third-order valence-electron chi connectivity index (χ3n) is 5.05. The van der Waals surface area contributed by atoms with Gasteiger partial charge in [0, 0.05) is 24.4 Å². The smallest absolute Gasteiger partial charge is 0.326 e. The van der Waals surface area contributed by atoms with Crippen molar-refractivity contribution in [3.63, 3.8) is 0 Å². The van der Waals surface area contributed by atoms with Crippen LogP contribution in [-0.2, 0) is 16.0 Å². The summed E-state index contributed by atoms with van der Waals surface area (Å²) in [6.07, 6.45) is 3.60. The number of likely N-dealkylation sites (tertiary alicyclic amines) is 1. The van der Waals surface area contributed by atoms with Crippen LogP contribution in [0.25, 0.3) is 5.78 Å². The van der Waals surface area contributed by atoms with E-state index in [0.29, 0.717) is 31.1 Å². The monoisotopic (exact) mass is 345 g/mol. The van der Waals surface area contributed by atoms with Crippen molar-refractivity contribution in [2.45, 2.75) is 52.5 Å². The minimum Gasteiger partial charge on any atom is -0.480 e. The number of fused-ring (bicyclic) bond motifs is 1. The standard InChI is InChI=1S/C17H23N5O3/c1-10-6-7-21(14(8-10)16(24)25)15(23)5-4-13-11(2)20-17-18-9-19-22(17)12(13)3/h9-10,14H,4-8H2,1-3H3,(H,24,25). The summed E-state index contributed by atoms with van der Waals surface area (Å²) in [6, 6.07) is -0.714. The van der Waals surface area contributed by atoms with Crippen molar-refractivity contribution in [2.75, 3.05) is 6.54 Å². The normalized spacial score (nSPS) is 20.8. The predicted octanol–water partition coefficient (Wildman–Crippen LogP) is 1.39. The molecule has 3 rings (SSSR count). The average Bonchev–Trinajstić information content (AvgIpc) is 3.02. The van der Waals surface area contributed by atoms with Crippen molar-refractivity contribution in [1.29, 1.82) is 0 Å². The Kier molecular flexibility index (Phi) is 4.69. The first kappa shape index (κ1) is 17.3. The van der Waals surface area contributed by atoms with Gasteiger partial charge in [0.25, 0.3) is 5.78 Å². The number of nitrogens with zero attached hydrogens (tertiary/aromatic N) is 5. The second kappa shape index (κ2) is 6.78. The highest BCUT2D eigenvalue weighted by molar-refractivity contribution is 5.84. The Morgan fingerprint density at radius 2 is 2.12 bits per heavy atom. The molecule has 2 atom stereocenters. The molecule has 0 aromatic carbocycles. The van der Waals surface area contributed by atoms with Crippen LogP contribution in [0.5, 0.6) is 0 Å². The lowest BCUT2D eigenvalue weighted by Crippen LogP contribution is -2.49.